The van der Waals surface area contributed by atoms with Gasteiger partial charge in [-0.05, 0) is 43.3 Å². The summed E-state index contributed by atoms with van der Waals surface area (Å²) in [4.78, 5) is 24.9. The number of hydrogen-bond donors (Lipinski definition) is 2. The number of amides is 2. The highest BCUT2D eigenvalue weighted by molar-refractivity contribution is 9.10. The molecule has 132 valence electrons. The Kier molecular flexibility index (Phi) is 8.01. The Bertz CT molecular complexity index is 702. The number of halogens is 1. The fraction of sp³-hybridized carbons (Fsp3) is 0.263. The van der Waals surface area contributed by atoms with Gasteiger partial charge in [-0.1, -0.05) is 33.6 Å². The molecular formula is C19H21BrN2O2S. The monoisotopic (exact) mass is 420 g/mol. The number of aryl methyl sites for hydroxylation is 1. The molecule has 0 heterocycles. The smallest absolute Gasteiger partial charge is 0.251 e. The maximum atomic E-state index is 11.9. The molecule has 0 aromatic heterocycles. The summed E-state index contributed by atoms with van der Waals surface area (Å²) in [5.74, 6) is 0.593. The van der Waals surface area contributed by atoms with E-state index >= 15 is 0 Å². The number of rotatable bonds is 8. The van der Waals surface area contributed by atoms with Crippen molar-refractivity contribution in [2.75, 3.05) is 18.8 Å². The van der Waals surface area contributed by atoms with E-state index in [9.17, 15) is 9.59 Å². The lowest BCUT2D eigenvalue weighted by atomic mass is 10.2. The van der Waals surface area contributed by atoms with E-state index in [0.717, 1.165) is 10.2 Å². The van der Waals surface area contributed by atoms with Crippen molar-refractivity contribution < 1.29 is 9.59 Å². The largest absolute Gasteiger partial charge is 0.355 e. The first-order chi connectivity index (χ1) is 12.0. The topological polar surface area (TPSA) is 58.2 Å². The molecule has 0 aliphatic heterocycles. The molecule has 0 atom stereocenters. The predicted molar refractivity (Wildman–Crippen MR) is 106 cm³/mol. The van der Waals surface area contributed by atoms with Gasteiger partial charge in [0.05, 0.1) is 0 Å². The standard InChI is InChI=1S/C19H21BrN2O2S/c1-14-2-8-17(9-3-14)25-13-12-21-18(23)10-11-22-19(24)15-4-6-16(20)7-5-15/h2-9H,10-13H2,1H3,(H,21,23)(H,22,24). The van der Waals surface area contributed by atoms with Crippen LogP contribution in [0.1, 0.15) is 22.3 Å². The highest BCUT2D eigenvalue weighted by atomic mass is 79.9. The summed E-state index contributed by atoms with van der Waals surface area (Å²) in [7, 11) is 0. The summed E-state index contributed by atoms with van der Waals surface area (Å²) < 4.78 is 0.923. The normalized spacial score (nSPS) is 10.3. The van der Waals surface area contributed by atoms with Crippen molar-refractivity contribution in [2.45, 2.75) is 18.2 Å². The van der Waals surface area contributed by atoms with Crippen LogP contribution in [-0.2, 0) is 4.79 Å². The summed E-state index contributed by atoms with van der Waals surface area (Å²) in [6.07, 6.45) is 0.275. The van der Waals surface area contributed by atoms with Crippen LogP contribution in [0.3, 0.4) is 0 Å². The molecule has 0 radical (unpaired) electrons. The number of carbonyl (C=O) groups is 2. The van der Waals surface area contributed by atoms with Crippen LogP contribution >= 0.6 is 27.7 Å². The predicted octanol–water partition coefficient (Wildman–Crippen LogP) is 3.79. The van der Waals surface area contributed by atoms with Gasteiger partial charge in [-0.25, -0.2) is 0 Å². The van der Waals surface area contributed by atoms with E-state index < -0.39 is 0 Å². The molecule has 25 heavy (non-hydrogen) atoms. The van der Waals surface area contributed by atoms with Crippen LogP contribution in [0, 0.1) is 6.92 Å². The number of thioether (sulfide) groups is 1. The Balaban J connectivity index is 1.58. The van der Waals surface area contributed by atoms with E-state index in [-0.39, 0.29) is 18.2 Å². The van der Waals surface area contributed by atoms with Crippen LogP contribution in [0.2, 0.25) is 0 Å². The molecule has 0 spiro atoms. The minimum Gasteiger partial charge on any atom is -0.355 e. The molecule has 0 fully saturated rings. The van der Waals surface area contributed by atoms with Crippen molar-refractivity contribution in [1.29, 1.82) is 0 Å². The van der Waals surface area contributed by atoms with Crippen LogP contribution in [0.5, 0.6) is 0 Å². The molecule has 0 bridgehead atoms. The average Bonchev–Trinajstić information content (AvgIpc) is 2.61. The zero-order valence-electron chi connectivity index (χ0n) is 14.0. The molecule has 0 aliphatic rings. The van der Waals surface area contributed by atoms with Gasteiger partial charge < -0.3 is 10.6 Å². The summed E-state index contributed by atoms with van der Waals surface area (Å²) >= 11 is 5.04. The summed E-state index contributed by atoms with van der Waals surface area (Å²) in [6.45, 7) is 2.99. The second kappa shape index (κ2) is 10.3. The van der Waals surface area contributed by atoms with Crippen LogP contribution in [0.15, 0.2) is 57.9 Å². The molecule has 2 aromatic rings. The minimum atomic E-state index is -0.171. The van der Waals surface area contributed by atoms with Crippen molar-refractivity contribution >= 4 is 39.5 Å². The number of hydrogen-bond acceptors (Lipinski definition) is 3. The van der Waals surface area contributed by atoms with E-state index in [1.165, 1.54) is 10.5 Å². The van der Waals surface area contributed by atoms with Crippen molar-refractivity contribution in [2.24, 2.45) is 0 Å². The van der Waals surface area contributed by atoms with Crippen LogP contribution in [0.4, 0.5) is 0 Å². The summed E-state index contributed by atoms with van der Waals surface area (Å²) in [5.41, 5.74) is 1.82. The Morgan fingerprint density at radius 3 is 2.32 bits per heavy atom. The van der Waals surface area contributed by atoms with Crippen LogP contribution in [0.25, 0.3) is 0 Å². The SMILES string of the molecule is Cc1ccc(SCCNC(=O)CCNC(=O)c2ccc(Br)cc2)cc1. The van der Waals surface area contributed by atoms with Gasteiger partial charge in [-0.15, -0.1) is 11.8 Å². The van der Waals surface area contributed by atoms with Crippen molar-refractivity contribution in [3.05, 3.63) is 64.1 Å². The zero-order valence-corrected chi connectivity index (χ0v) is 16.5. The lowest BCUT2D eigenvalue weighted by Crippen LogP contribution is -2.31. The third kappa shape index (κ3) is 7.32. The fourth-order valence-electron chi connectivity index (χ4n) is 2.08. The molecule has 2 amide bonds. The third-order valence-corrected chi connectivity index (χ3v) is 5.00. The van der Waals surface area contributed by atoms with Gasteiger partial charge in [0.25, 0.3) is 5.91 Å². The molecule has 4 nitrogen and oxygen atoms in total. The Morgan fingerprint density at radius 1 is 0.960 bits per heavy atom. The second-order valence-electron chi connectivity index (χ2n) is 5.52. The first-order valence-electron chi connectivity index (χ1n) is 8.04. The van der Waals surface area contributed by atoms with Gasteiger partial charge in [0.15, 0.2) is 0 Å². The van der Waals surface area contributed by atoms with E-state index in [1.54, 1.807) is 23.9 Å². The highest BCUT2D eigenvalue weighted by Gasteiger charge is 2.06. The van der Waals surface area contributed by atoms with Gasteiger partial charge in [0.2, 0.25) is 5.91 Å². The zero-order chi connectivity index (χ0) is 18.1. The van der Waals surface area contributed by atoms with Crippen LogP contribution < -0.4 is 10.6 Å². The Labute approximate surface area is 160 Å². The van der Waals surface area contributed by atoms with E-state index in [0.29, 0.717) is 18.7 Å². The van der Waals surface area contributed by atoms with Gasteiger partial charge in [0, 0.05) is 40.2 Å². The van der Waals surface area contributed by atoms with Gasteiger partial charge in [-0.2, -0.15) is 0 Å². The maximum Gasteiger partial charge on any atom is 0.251 e. The maximum absolute atomic E-state index is 11.9. The van der Waals surface area contributed by atoms with Gasteiger partial charge in [-0.3, -0.25) is 9.59 Å². The molecule has 2 N–H and O–H groups in total. The highest BCUT2D eigenvalue weighted by Crippen LogP contribution is 2.17. The molecule has 0 saturated heterocycles. The van der Waals surface area contributed by atoms with E-state index in [2.05, 4.69) is 57.8 Å². The minimum absolute atomic E-state index is 0.0550. The first kappa shape index (κ1) is 19.5. The number of benzene rings is 2. The lowest BCUT2D eigenvalue weighted by Gasteiger charge is -2.07. The molecule has 0 aliphatic carbocycles. The number of carbonyl (C=O) groups excluding carboxylic acids is 2. The quantitative estimate of drug-likeness (QED) is 0.504. The molecule has 0 unspecified atom stereocenters. The van der Waals surface area contributed by atoms with Gasteiger partial charge >= 0.3 is 0 Å². The van der Waals surface area contributed by atoms with E-state index in [1.807, 2.05) is 12.1 Å². The van der Waals surface area contributed by atoms with Crippen LogP contribution in [-0.4, -0.2) is 30.7 Å². The Morgan fingerprint density at radius 2 is 1.64 bits per heavy atom. The van der Waals surface area contributed by atoms with Gasteiger partial charge in [0.1, 0.15) is 0 Å². The number of nitrogens with one attached hydrogen (secondary N) is 2. The molecule has 2 aromatic carbocycles. The van der Waals surface area contributed by atoms with E-state index in [4.69, 9.17) is 0 Å². The summed E-state index contributed by atoms with van der Waals surface area (Å²) in [5, 5.41) is 5.62. The average molecular weight is 421 g/mol. The molecule has 6 heteroatoms. The van der Waals surface area contributed by atoms with Crippen molar-refractivity contribution in [1.82, 2.24) is 10.6 Å². The first-order valence-corrected chi connectivity index (χ1v) is 9.82. The third-order valence-electron chi connectivity index (χ3n) is 3.46. The molecular weight excluding hydrogens is 400 g/mol. The molecule has 0 saturated carbocycles. The van der Waals surface area contributed by atoms with Crippen molar-refractivity contribution in [3.63, 3.8) is 0 Å². The summed E-state index contributed by atoms with van der Waals surface area (Å²) in [6, 6.07) is 15.4. The Hall–Kier alpha value is -1.79. The van der Waals surface area contributed by atoms with Crippen molar-refractivity contribution in [3.8, 4) is 0 Å². The molecule has 2 rings (SSSR count). The second-order valence-corrected chi connectivity index (χ2v) is 7.61. The lowest BCUT2D eigenvalue weighted by molar-refractivity contribution is -0.120. The fourth-order valence-corrected chi connectivity index (χ4v) is 3.11.